The molecule has 0 unspecified atom stereocenters. The lowest BCUT2D eigenvalue weighted by molar-refractivity contribution is 0.372. The first-order valence-corrected chi connectivity index (χ1v) is 11.3. The average molecular weight is 562 g/mol. The van der Waals surface area contributed by atoms with Crippen LogP contribution in [-0.2, 0) is 19.5 Å². The average Bonchev–Trinajstić information content (AvgIpc) is 3.22. The van der Waals surface area contributed by atoms with Crippen LogP contribution in [0.3, 0.4) is 0 Å². The molecule has 0 atom stereocenters. The number of aryl methyl sites for hydroxylation is 1. The summed E-state index contributed by atoms with van der Waals surface area (Å²) in [7, 11) is 3.88. The van der Waals surface area contributed by atoms with Gasteiger partial charge in [0, 0.05) is 62.8 Å². The first-order chi connectivity index (χ1) is 14.5. The van der Waals surface area contributed by atoms with E-state index in [1.165, 1.54) is 11.5 Å². The molecule has 1 aliphatic heterocycles. The quantitative estimate of drug-likeness (QED) is 0.319. The molecule has 0 amide bonds. The summed E-state index contributed by atoms with van der Waals surface area (Å²) in [5.74, 6) is 1.66. The summed E-state index contributed by atoms with van der Waals surface area (Å²) in [6.07, 6.45) is 0.868. The number of anilines is 1. The van der Waals surface area contributed by atoms with Gasteiger partial charge >= 0.3 is 0 Å². The molecule has 3 rings (SSSR count). The summed E-state index contributed by atoms with van der Waals surface area (Å²) >= 11 is 1.48. The number of halogens is 2. The highest BCUT2D eigenvalue weighted by molar-refractivity contribution is 14.0. The van der Waals surface area contributed by atoms with Crippen molar-refractivity contribution in [3.05, 3.63) is 41.0 Å². The highest BCUT2D eigenvalue weighted by Crippen LogP contribution is 2.19. The van der Waals surface area contributed by atoms with Crippen LogP contribution >= 0.6 is 35.5 Å². The lowest BCUT2D eigenvalue weighted by Crippen LogP contribution is -2.52. The van der Waals surface area contributed by atoms with Crippen molar-refractivity contribution in [2.75, 3.05) is 51.7 Å². The molecule has 1 N–H and O–H groups in total. The van der Waals surface area contributed by atoms with E-state index in [9.17, 15) is 4.39 Å². The highest BCUT2D eigenvalue weighted by Gasteiger charge is 2.22. The Labute approximate surface area is 205 Å². The van der Waals surface area contributed by atoms with E-state index in [2.05, 4.69) is 38.3 Å². The fourth-order valence-corrected chi connectivity index (χ4v) is 4.21. The summed E-state index contributed by atoms with van der Waals surface area (Å²) in [6.45, 7) is 9.61. The topological polar surface area (TPSA) is 59.9 Å². The van der Waals surface area contributed by atoms with E-state index >= 15 is 0 Å². The summed E-state index contributed by atoms with van der Waals surface area (Å²) in [4.78, 5) is 16.0. The minimum atomic E-state index is -0.164. The first-order valence-electron chi connectivity index (χ1n) is 10.5. The van der Waals surface area contributed by atoms with Crippen molar-refractivity contribution >= 4 is 46.6 Å². The minimum Gasteiger partial charge on any atom is -0.357 e. The summed E-state index contributed by atoms with van der Waals surface area (Å²) < 4.78 is 18.4. The number of aliphatic imine (C=N–C) groups is 1. The molecule has 2 aromatic rings. The molecule has 10 heteroatoms. The zero-order chi connectivity index (χ0) is 21.5. The molecule has 2 heterocycles. The fourth-order valence-electron chi connectivity index (χ4n) is 3.41. The number of hydrogen-bond acceptors (Lipinski definition) is 6. The van der Waals surface area contributed by atoms with Crippen molar-refractivity contribution in [3.63, 3.8) is 0 Å². The van der Waals surface area contributed by atoms with E-state index in [1.807, 2.05) is 31.1 Å². The van der Waals surface area contributed by atoms with E-state index in [-0.39, 0.29) is 29.8 Å². The number of nitrogens with one attached hydrogen (secondary N) is 1. The molecule has 7 nitrogen and oxygen atoms in total. The summed E-state index contributed by atoms with van der Waals surface area (Å²) in [5.41, 5.74) is 1.72. The van der Waals surface area contributed by atoms with Crippen LogP contribution in [0, 0.1) is 5.82 Å². The lowest BCUT2D eigenvalue weighted by atomic mass is 10.1. The number of aromatic nitrogens is 2. The van der Waals surface area contributed by atoms with Crippen molar-refractivity contribution in [2.24, 2.45) is 4.99 Å². The molecule has 1 aromatic carbocycles. The molecule has 172 valence electrons. The molecule has 0 saturated carbocycles. The van der Waals surface area contributed by atoms with E-state index in [1.54, 1.807) is 6.07 Å². The maximum atomic E-state index is 14.0. The molecule has 0 spiro atoms. The fraction of sp³-hybridized carbons (Fsp3) is 0.571. The Morgan fingerprint density at radius 1 is 1.23 bits per heavy atom. The van der Waals surface area contributed by atoms with Gasteiger partial charge < -0.3 is 20.0 Å². The third kappa shape index (κ3) is 7.25. The van der Waals surface area contributed by atoms with Crippen molar-refractivity contribution in [3.8, 4) is 0 Å². The van der Waals surface area contributed by atoms with Gasteiger partial charge in [-0.3, -0.25) is 0 Å². The third-order valence-electron chi connectivity index (χ3n) is 4.97. The summed E-state index contributed by atoms with van der Waals surface area (Å²) in [6, 6.07) is 5.28. The van der Waals surface area contributed by atoms with Gasteiger partial charge in [-0.1, -0.05) is 13.0 Å². The van der Waals surface area contributed by atoms with Gasteiger partial charge in [0.1, 0.15) is 11.6 Å². The minimum absolute atomic E-state index is 0. The zero-order valence-corrected chi connectivity index (χ0v) is 21.9. The van der Waals surface area contributed by atoms with Crippen LogP contribution in [0.4, 0.5) is 9.52 Å². The van der Waals surface area contributed by atoms with Crippen molar-refractivity contribution in [1.29, 1.82) is 0 Å². The van der Waals surface area contributed by atoms with Gasteiger partial charge in [-0.2, -0.15) is 4.37 Å². The Bertz CT molecular complexity index is 850. The largest absolute Gasteiger partial charge is 0.357 e. The number of piperazine rings is 1. The van der Waals surface area contributed by atoms with Gasteiger partial charge in [-0.05, 0) is 38.7 Å². The SMILES string of the molecule is CCNC(=NCc1ccc(F)c(CN(C)C)c1)N1CCN(c2nc(CC)ns2)CC1.I. The normalized spacial score (nSPS) is 14.7. The summed E-state index contributed by atoms with van der Waals surface area (Å²) in [5, 5.41) is 4.41. The van der Waals surface area contributed by atoms with Crippen LogP contribution in [0.25, 0.3) is 0 Å². The lowest BCUT2D eigenvalue weighted by Gasteiger charge is -2.36. The maximum absolute atomic E-state index is 14.0. The smallest absolute Gasteiger partial charge is 0.205 e. The van der Waals surface area contributed by atoms with Gasteiger partial charge in [0.25, 0.3) is 0 Å². The molecule has 0 aliphatic carbocycles. The van der Waals surface area contributed by atoms with E-state index in [0.717, 1.165) is 61.6 Å². The molecule has 1 aromatic heterocycles. The van der Waals surface area contributed by atoms with E-state index < -0.39 is 0 Å². The number of hydrogen-bond donors (Lipinski definition) is 1. The molecular weight excluding hydrogens is 528 g/mol. The highest BCUT2D eigenvalue weighted by atomic mass is 127. The van der Waals surface area contributed by atoms with Crippen LogP contribution in [0.5, 0.6) is 0 Å². The molecule has 1 fully saturated rings. The van der Waals surface area contributed by atoms with Crippen LogP contribution in [0.15, 0.2) is 23.2 Å². The van der Waals surface area contributed by atoms with Gasteiger partial charge in [0.15, 0.2) is 5.96 Å². The Hall–Kier alpha value is -1.53. The second-order valence-electron chi connectivity index (χ2n) is 7.65. The van der Waals surface area contributed by atoms with E-state index in [0.29, 0.717) is 18.7 Å². The number of rotatable bonds is 7. The molecule has 1 saturated heterocycles. The van der Waals surface area contributed by atoms with Crippen molar-refractivity contribution in [2.45, 2.75) is 33.4 Å². The molecular formula is C21H33FIN7S. The number of nitrogens with zero attached hydrogens (tertiary/aromatic N) is 6. The first kappa shape index (κ1) is 25.7. The number of benzene rings is 1. The van der Waals surface area contributed by atoms with E-state index in [4.69, 9.17) is 4.99 Å². The van der Waals surface area contributed by atoms with Gasteiger partial charge in [-0.25, -0.2) is 14.4 Å². The predicted molar refractivity (Wildman–Crippen MR) is 137 cm³/mol. The monoisotopic (exact) mass is 561 g/mol. The molecule has 0 bridgehead atoms. The molecule has 31 heavy (non-hydrogen) atoms. The zero-order valence-electron chi connectivity index (χ0n) is 18.8. The Balaban J connectivity index is 0.00000341. The van der Waals surface area contributed by atoms with Crippen molar-refractivity contribution in [1.82, 2.24) is 24.5 Å². The van der Waals surface area contributed by atoms with Gasteiger partial charge in [0.05, 0.1) is 6.54 Å². The number of guanidine groups is 1. The van der Waals surface area contributed by atoms with Gasteiger partial charge in [-0.15, -0.1) is 24.0 Å². The third-order valence-corrected chi connectivity index (χ3v) is 5.78. The molecule has 0 radical (unpaired) electrons. The van der Waals surface area contributed by atoms with Gasteiger partial charge in [0.2, 0.25) is 5.13 Å². The Morgan fingerprint density at radius 2 is 1.97 bits per heavy atom. The van der Waals surface area contributed by atoms with Crippen LogP contribution in [0.1, 0.15) is 30.8 Å². The maximum Gasteiger partial charge on any atom is 0.205 e. The Morgan fingerprint density at radius 3 is 2.58 bits per heavy atom. The Kier molecular flexibility index (Phi) is 10.4. The van der Waals surface area contributed by atoms with Crippen LogP contribution in [0.2, 0.25) is 0 Å². The standard InChI is InChI=1S/C21H32FN7S.HI/c1-5-19-25-21(30-26-19)29-11-9-28(10-12-29)20(23-6-2)24-14-16-7-8-18(22)17(13-16)15-27(3)4;/h7-8,13H,5-6,9-12,14-15H2,1-4H3,(H,23,24);1H. The predicted octanol–water partition coefficient (Wildman–Crippen LogP) is 3.21. The van der Waals surface area contributed by atoms with Crippen LogP contribution in [-0.4, -0.2) is 71.9 Å². The molecule has 1 aliphatic rings. The second kappa shape index (κ2) is 12.5. The van der Waals surface area contributed by atoms with Crippen LogP contribution < -0.4 is 10.2 Å². The van der Waals surface area contributed by atoms with Crippen molar-refractivity contribution < 1.29 is 4.39 Å². The second-order valence-corrected chi connectivity index (χ2v) is 8.38.